The summed E-state index contributed by atoms with van der Waals surface area (Å²) in [6, 6.07) is 0. The van der Waals surface area contributed by atoms with Crippen LogP contribution in [0.3, 0.4) is 0 Å². The van der Waals surface area contributed by atoms with Crippen molar-refractivity contribution >= 4 is 59.6 Å². The van der Waals surface area contributed by atoms with E-state index < -0.39 is 0 Å². The van der Waals surface area contributed by atoms with E-state index in [2.05, 4.69) is 8.91 Å². The fraction of sp³-hybridized carbons (Fsp3) is 0.800. The van der Waals surface area contributed by atoms with E-state index in [0.717, 1.165) is 23.5 Å². The maximum atomic E-state index is 10.6. The topological polar surface area (TPSA) is 38.3 Å². The molecule has 1 amide bonds. The summed E-state index contributed by atoms with van der Waals surface area (Å²) in [6.07, 6.45) is -0.376. The van der Waals surface area contributed by atoms with Crippen LogP contribution in [0.1, 0.15) is 13.8 Å². The molecule has 0 unspecified atom stereocenters. The van der Waals surface area contributed by atoms with E-state index in [1.54, 1.807) is 0 Å². The summed E-state index contributed by atoms with van der Waals surface area (Å²) in [5.74, 6) is 1.64. The molecule has 0 heterocycles. The molecule has 0 aliphatic rings. The van der Waals surface area contributed by atoms with E-state index in [1.165, 1.54) is 11.9 Å². The first-order valence-corrected chi connectivity index (χ1v) is 4.92. The Morgan fingerprint density at radius 1 is 1.45 bits per heavy atom. The number of hydrogen-bond donors (Lipinski definition) is 1. The first kappa shape index (κ1) is 14.5. The molecule has 0 radical (unpaired) electrons. The molecule has 0 saturated carbocycles. The average Bonchev–Trinajstić information content (AvgIpc) is 1.97. The van der Waals surface area contributed by atoms with E-state index in [-0.39, 0.29) is 35.7 Å². The normalized spacial score (nSPS) is 8.18. The average molecular weight is 205 g/mol. The first-order chi connectivity index (χ1) is 4.81. The molecule has 1 N–H and O–H groups in total. The predicted octanol–water partition coefficient (Wildman–Crippen LogP) is 1.40. The number of rotatable bonds is 4. The molecule has 0 aromatic carbocycles. The minimum absolute atomic E-state index is 0. The van der Waals surface area contributed by atoms with Gasteiger partial charge in [0, 0.05) is 11.5 Å². The van der Waals surface area contributed by atoms with Gasteiger partial charge in [-0.1, -0.05) is 13.8 Å². The van der Waals surface area contributed by atoms with Crippen molar-refractivity contribution in [3.63, 3.8) is 0 Å². The van der Waals surface area contributed by atoms with Gasteiger partial charge in [0.05, 0.1) is 12.0 Å². The molecule has 62 valence electrons. The summed E-state index contributed by atoms with van der Waals surface area (Å²) < 4.78 is 7.14. The van der Waals surface area contributed by atoms with Crippen LogP contribution >= 0.6 is 24.0 Å². The van der Waals surface area contributed by atoms with E-state index >= 15 is 0 Å². The molecule has 3 nitrogen and oxygen atoms in total. The van der Waals surface area contributed by atoms with Crippen molar-refractivity contribution in [3.8, 4) is 0 Å². The molecule has 0 bridgehead atoms. The van der Waals surface area contributed by atoms with Gasteiger partial charge in [0.1, 0.15) is 0 Å². The van der Waals surface area contributed by atoms with Crippen molar-refractivity contribution < 1.29 is 8.98 Å². The molecule has 0 saturated heterocycles. The zero-order valence-corrected chi connectivity index (χ0v) is 7.68. The number of amides is 1. The molecule has 6 heteroatoms. The third-order valence-corrected chi connectivity index (χ3v) is 1.66. The molecular formula is C5H12NNaO2S2. The predicted molar refractivity (Wildman–Crippen MR) is 53.0 cm³/mol. The molecule has 0 aliphatic carbocycles. The van der Waals surface area contributed by atoms with Gasteiger partial charge < -0.3 is 4.18 Å². The molecule has 0 atom stereocenters. The van der Waals surface area contributed by atoms with Crippen molar-refractivity contribution in [1.29, 1.82) is 0 Å². The maximum absolute atomic E-state index is 10.6. The van der Waals surface area contributed by atoms with Crippen LogP contribution in [0, 0.1) is 0 Å². The summed E-state index contributed by atoms with van der Waals surface area (Å²) in [6.45, 7) is 3.88. The monoisotopic (exact) mass is 205 g/mol. The van der Waals surface area contributed by atoms with Crippen LogP contribution in [-0.4, -0.2) is 47.2 Å². The van der Waals surface area contributed by atoms with Crippen molar-refractivity contribution in [1.82, 2.24) is 4.72 Å². The van der Waals surface area contributed by atoms with E-state index in [0.29, 0.717) is 0 Å². The fourth-order valence-electron chi connectivity index (χ4n) is 0.261. The Balaban J connectivity index is 0. The van der Waals surface area contributed by atoms with Crippen LogP contribution in [0.25, 0.3) is 0 Å². The Kier molecular flexibility index (Phi) is 14.5. The van der Waals surface area contributed by atoms with Crippen LogP contribution < -0.4 is 4.72 Å². The molecule has 0 aromatic rings. The van der Waals surface area contributed by atoms with Gasteiger partial charge in [0.2, 0.25) is 0 Å². The van der Waals surface area contributed by atoms with Gasteiger partial charge in [-0.25, -0.2) is 4.79 Å². The van der Waals surface area contributed by atoms with Crippen LogP contribution in [0.2, 0.25) is 0 Å². The Hall–Kier alpha value is 0.970. The van der Waals surface area contributed by atoms with Crippen molar-refractivity contribution in [3.05, 3.63) is 0 Å². The van der Waals surface area contributed by atoms with Crippen LogP contribution in [0.4, 0.5) is 4.79 Å². The fourth-order valence-corrected chi connectivity index (χ4v) is 0.884. The summed E-state index contributed by atoms with van der Waals surface area (Å²) in [7, 11) is 0. The zero-order chi connectivity index (χ0) is 7.82. The van der Waals surface area contributed by atoms with Gasteiger partial charge in [-0.3, -0.25) is 4.72 Å². The third kappa shape index (κ3) is 11.0. The molecule has 0 fully saturated rings. The zero-order valence-electron chi connectivity index (χ0n) is 6.05. The Bertz CT molecular complexity index is 94.5. The Morgan fingerprint density at radius 2 is 2.09 bits per heavy atom. The van der Waals surface area contributed by atoms with E-state index in [4.69, 9.17) is 0 Å². The summed E-state index contributed by atoms with van der Waals surface area (Å²) in [5.41, 5.74) is 0. The van der Waals surface area contributed by atoms with Gasteiger partial charge in [0.15, 0.2) is 0 Å². The van der Waals surface area contributed by atoms with Gasteiger partial charge in [-0.05, 0) is 11.9 Å². The van der Waals surface area contributed by atoms with Crippen LogP contribution in [-0.2, 0) is 4.18 Å². The number of nitrogens with one attached hydrogen (secondary N) is 1. The number of hydrogen-bond acceptors (Lipinski definition) is 4. The number of carbonyl (C=O) groups is 1. The number of carbonyl (C=O) groups excluding carboxylic acids is 1. The summed E-state index contributed by atoms with van der Waals surface area (Å²) in [4.78, 5) is 10.6. The third-order valence-electron chi connectivity index (χ3n) is 0.552. The Labute approximate surface area is 98.0 Å². The van der Waals surface area contributed by atoms with Gasteiger partial charge in [0.25, 0.3) is 0 Å². The van der Waals surface area contributed by atoms with Gasteiger partial charge in [-0.2, -0.15) is 0 Å². The molecule has 0 aliphatic heterocycles. The van der Waals surface area contributed by atoms with Gasteiger partial charge in [-0.15, -0.1) is 0 Å². The van der Waals surface area contributed by atoms with Gasteiger partial charge >= 0.3 is 35.7 Å². The van der Waals surface area contributed by atoms with Crippen molar-refractivity contribution in [2.24, 2.45) is 0 Å². The van der Waals surface area contributed by atoms with E-state index in [9.17, 15) is 4.79 Å². The molecule has 0 aromatic heterocycles. The first-order valence-electron chi connectivity index (χ1n) is 3.02. The van der Waals surface area contributed by atoms with Crippen molar-refractivity contribution in [2.75, 3.05) is 11.5 Å². The van der Waals surface area contributed by atoms with Crippen LogP contribution in [0.5, 0.6) is 0 Å². The minimum atomic E-state index is -0.376. The standard InChI is InChI=1S/C5H11NO2S2.Na.H/c1-3-9-6-5(7)8-10-4-2;;/h3-4H2,1-2H3,(H,6,7);;. The molecule has 0 rings (SSSR count). The second kappa shape index (κ2) is 11.0. The Morgan fingerprint density at radius 3 is 2.55 bits per heavy atom. The second-order valence-electron chi connectivity index (χ2n) is 1.31. The SMILES string of the molecule is CCSNC(=O)OSCC.[NaH]. The second-order valence-corrected chi connectivity index (χ2v) is 3.36. The summed E-state index contributed by atoms with van der Waals surface area (Å²) >= 11 is 2.47. The molecular weight excluding hydrogens is 193 g/mol. The van der Waals surface area contributed by atoms with Crippen molar-refractivity contribution in [2.45, 2.75) is 13.8 Å². The van der Waals surface area contributed by atoms with Crippen LogP contribution in [0.15, 0.2) is 0 Å². The molecule has 0 spiro atoms. The van der Waals surface area contributed by atoms with E-state index in [1.807, 2.05) is 13.8 Å². The molecule has 11 heavy (non-hydrogen) atoms. The quantitative estimate of drug-likeness (QED) is 0.428. The summed E-state index contributed by atoms with van der Waals surface area (Å²) in [5, 5.41) is 0.